The largest absolute Gasteiger partial charge is 0.348 e. The van der Waals surface area contributed by atoms with E-state index in [0.717, 1.165) is 24.6 Å². The van der Waals surface area contributed by atoms with Crippen LogP contribution in [0.1, 0.15) is 29.7 Å². The van der Waals surface area contributed by atoms with Crippen molar-refractivity contribution in [2.24, 2.45) is 0 Å². The Morgan fingerprint density at radius 3 is 2.26 bits per heavy atom. The molecule has 7 heteroatoms. The fraction of sp³-hybridized carbons (Fsp3) is 0.208. The average Bonchev–Trinajstić information content (AvgIpc) is 2.73. The maximum absolute atomic E-state index is 13.3. The molecule has 1 atom stereocenters. The lowest BCUT2D eigenvalue weighted by Crippen LogP contribution is -2.41. The lowest BCUT2D eigenvalue weighted by molar-refractivity contribution is -0.120. The van der Waals surface area contributed by atoms with E-state index in [1.165, 1.54) is 12.1 Å². The summed E-state index contributed by atoms with van der Waals surface area (Å²) < 4.78 is 28.8. The summed E-state index contributed by atoms with van der Waals surface area (Å²) in [5, 5.41) is 2.95. The molecule has 0 unspecified atom stereocenters. The number of benzene rings is 3. The first kappa shape index (κ1) is 23.3. The number of nitrogens with one attached hydrogen (secondary N) is 1. The summed E-state index contributed by atoms with van der Waals surface area (Å²) in [5.41, 5.74) is 3.68. The Kier molecular flexibility index (Phi) is 7.38. The van der Waals surface area contributed by atoms with Crippen molar-refractivity contribution in [2.75, 3.05) is 10.8 Å². The predicted molar refractivity (Wildman–Crippen MR) is 133 cm³/mol. The number of aryl methyl sites for hydroxylation is 2. The number of nitrogens with zero attached hydrogens (tertiary/aromatic N) is 1. The zero-order valence-corrected chi connectivity index (χ0v) is 20.6. The van der Waals surface area contributed by atoms with Crippen LogP contribution in [-0.2, 0) is 14.8 Å². The second-order valence-corrected chi connectivity index (χ2v) is 10.6. The first-order valence-corrected chi connectivity index (χ1v) is 12.4. The highest BCUT2D eigenvalue weighted by Gasteiger charge is 2.27. The van der Waals surface area contributed by atoms with Crippen LogP contribution in [0.2, 0.25) is 0 Å². The zero-order chi connectivity index (χ0) is 22.6. The second kappa shape index (κ2) is 9.82. The third-order valence-electron chi connectivity index (χ3n) is 5.00. The molecule has 0 saturated carbocycles. The summed E-state index contributed by atoms with van der Waals surface area (Å²) >= 11 is 2.16. The molecule has 0 fully saturated rings. The van der Waals surface area contributed by atoms with Crippen LogP contribution in [0.5, 0.6) is 0 Å². The molecule has 5 nitrogen and oxygen atoms in total. The smallest absolute Gasteiger partial charge is 0.264 e. The van der Waals surface area contributed by atoms with Gasteiger partial charge in [-0.1, -0.05) is 42.0 Å². The lowest BCUT2D eigenvalue weighted by atomic mass is 10.0. The summed E-state index contributed by atoms with van der Waals surface area (Å²) in [6.45, 7) is 5.61. The lowest BCUT2D eigenvalue weighted by Gasteiger charge is -2.25. The SMILES string of the molecule is Cc1ccc([C@H](C)NC(=O)CN(c2ccc(I)cc2)S(=O)(=O)c2ccccc2)c(C)c1. The van der Waals surface area contributed by atoms with Gasteiger partial charge in [0.1, 0.15) is 6.54 Å². The van der Waals surface area contributed by atoms with Gasteiger partial charge in [0.15, 0.2) is 0 Å². The van der Waals surface area contributed by atoms with Gasteiger partial charge in [0.2, 0.25) is 5.91 Å². The Labute approximate surface area is 197 Å². The molecule has 0 spiro atoms. The van der Waals surface area contributed by atoms with Crippen molar-refractivity contribution in [2.45, 2.75) is 31.7 Å². The standard InChI is InChI=1S/C24H25IN2O3S/c1-17-9-14-23(18(2)15-17)19(3)26-24(28)16-27(21-12-10-20(25)11-13-21)31(29,30)22-7-5-4-6-8-22/h4-15,19H,16H2,1-3H3,(H,26,28)/t19-/m0/s1. The fourth-order valence-corrected chi connectivity index (χ4v) is 5.25. The molecule has 31 heavy (non-hydrogen) atoms. The molecular weight excluding hydrogens is 523 g/mol. The highest BCUT2D eigenvalue weighted by Crippen LogP contribution is 2.25. The number of hydrogen-bond donors (Lipinski definition) is 1. The number of sulfonamides is 1. The third-order valence-corrected chi connectivity index (χ3v) is 7.51. The maximum Gasteiger partial charge on any atom is 0.264 e. The molecule has 0 aliphatic rings. The van der Waals surface area contributed by atoms with E-state index in [2.05, 4.69) is 34.0 Å². The number of carbonyl (C=O) groups excluding carboxylic acids is 1. The van der Waals surface area contributed by atoms with E-state index in [0.29, 0.717) is 5.69 Å². The van der Waals surface area contributed by atoms with E-state index in [4.69, 9.17) is 0 Å². The molecule has 0 aliphatic heterocycles. The second-order valence-electron chi connectivity index (χ2n) is 7.45. The van der Waals surface area contributed by atoms with Crippen LogP contribution in [0.25, 0.3) is 0 Å². The summed E-state index contributed by atoms with van der Waals surface area (Å²) in [5.74, 6) is -0.370. The molecular formula is C24H25IN2O3S. The summed E-state index contributed by atoms with van der Waals surface area (Å²) in [4.78, 5) is 13.1. The van der Waals surface area contributed by atoms with Crippen LogP contribution in [-0.4, -0.2) is 20.9 Å². The Bertz CT molecular complexity index is 1160. The molecule has 0 heterocycles. The van der Waals surface area contributed by atoms with Crippen molar-refractivity contribution in [1.82, 2.24) is 5.32 Å². The molecule has 0 saturated heterocycles. The van der Waals surface area contributed by atoms with E-state index >= 15 is 0 Å². The van der Waals surface area contributed by atoms with Gasteiger partial charge in [-0.25, -0.2) is 8.42 Å². The summed E-state index contributed by atoms with van der Waals surface area (Å²) in [6, 6.07) is 21.0. The van der Waals surface area contributed by atoms with Gasteiger partial charge in [0.05, 0.1) is 16.6 Å². The number of anilines is 1. The van der Waals surface area contributed by atoms with Crippen molar-refractivity contribution in [1.29, 1.82) is 0 Å². The number of amides is 1. The van der Waals surface area contributed by atoms with E-state index in [1.54, 1.807) is 30.3 Å². The average molecular weight is 548 g/mol. The van der Waals surface area contributed by atoms with Gasteiger partial charge in [0, 0.05) is 3.57 Å². The summed E-state index contributed by atoms with van der Waals surface area (Å²) in [6.07, 6.45) is 0. The van der Waals surface area contributed by atoms with Crippen molar-refractivity contribution in [3.63, 3.8) is 0 Å². The Morgan fingerprint density at radius 1 is 1.00 bits per heavy atom. The molecule has 1 amide bonds. The van der Waals surface area contributed by atoms with Crippen LogP contribution in [0.3, 0.4) is 0 Å². The van der Waals surface area contributed by atoms with Gasteiger partial charge >= 0.3 is 0 Å². The van der Waals surface area contributed by atoms with Crippen molar-refractivity contribution in [3.8, 4) is 0 Å². The van der Waals surface area contributed by atoms with Crippen LogP contribution < -0.4 is 9.62 Å². The van der Waals surface area contributed by atoms with Crippen molar-refractivity contribution < 1.29 is 13.2 Å². The monoisotopic (exact) mass is 548 g/mol. The Morgan fingerprint density at radius 2 is 1.65 bits per heavy atom. The molecule has 1 N–H and O–H groups in total. The molecule has 3 rings (SSSR count). The number of hydrogen-bond acceptors (Lipinski definition) is 3. The van der Waals surface area contributed by atoms with Gasteiger partial charge in [-0.2, -0.15) is 0 Å². The topological polar surface area (TPSA) is 66.5 Å². The number of rotatable bonds is 7. The van der Waals surface area contributed by atoms with E-state index in [9.17, 15) is 13.2 Å². The Hall–Kier alpha value is -2.39. The zero-order valence-electron chi connectivity index (χ0n) is 17.7. The molecule has 0 aromatic heterocycles. The van der Waals surface area contributed by atoms with Crippen LogP contribution in [0, 0.1) is 17.4 Å². The first-order valence-electron chi connectivity index (χ1n) is 9.88. The van der Waals surface area contributed by atoms with Crippen LogP contribution in [0.4, 0.5) is 5.69 Å². The molecule has 3 aromatic rings. The van der Waals surface area contributed by atoms with E-state index < -0.39 is 10.0 Å². The van der Waals surface area contributed by atoms with Crippen LogP contribution >= 0.6 is 22.6 Å². The van der Waals surface area contributed by atoms with Gasteiger partial charge in [-0.3, -0.25) is 9.10 Å². The molecule has 162 valence electrons. The fourth-order valence-electron chi connectivity index (χ4n) is 3.45. The van der Waals surface area contributed by atoms with Crippen molar-refractivity contribution >= 4 is 44.2 Å². The van der Waals surface area contributed by atoms with Crippen LogP contribution in [0.15, 0.2) is 77.7 Å². The quantitative estimate of drug-likeness (QED) is 0.424. The maximum atomic E-state index is 13.3. The van der Waals surface area contributed by atoms with Gasteiger partial charge < -0.3 is 5.32 Å². The normalized spacial score (nSPS) is 12.3. The minimum Gasteiger partial charge on any atom is -0.348 e. The highest BCUT2D eigenvalue weighted by molar-refractivity contribution is 14.1. The van der Waals surface area contributed by atoms with E-state index in [-0.39, 0.29) is 23.4 Å². The van der Waals surface area contributed by atoms with Gasteiger partial charge in [0.25, 0.3) is 10.0 Å². The highest BCUT2D eigenvalue weighted by atomic mass is 127. The predicted octanol–water partition coefficient (Wildman–Crippen LogP) is 4.98. The summed E-state index contributed by atoms with van der Waals surface area (Å²) in [7, 11) is -3.91. The Balaban J connectivity index is 1.88. The molecule has 3 aromatic carbocycles. The molecule has 0 radical (unpaired) electrons. The number of carbonyl (C=O) groups is 1. The number of halogens is 1. The minimum atomic E-state index is -3.91. The molecule has 0 bridgehead atoms. The van der Waals surface area contributed by atoms with Gasteiger partial charge in [-0.05, 0) is 90.9 Å². The van der Waals surface area contributed by atoms with Crippen molar-refractivity contribution in [3.05, 3.63) is 93.1 Å². The van der Waals surface area contributed by atoms with E-state index in [1.807, 2.05) is 45.0 Å². The first-order chi connectivity index (χ1) is 14.7. The third kappa shape index (κ3) is 5.65. The minimum absolute atomic E-state index is 0.142. The molecule has 0 aliphatic carbocycles. The van der Waals surface area contributed by atoms with Gasteiger partial charge in [-0.15, -0.1) is 0 Å².